The minimum Gasteiger partial charge on any atom is -0.508 e. The molecule has 0 spiro atoms. The lowest BCUT2D eigenvalue weighted by Crippen LogP contribution is -2.18. The minimum absolute atomic E-state index is 0.0707. The summed E-state index contributed by atoms with van der Waals surface area (Å²) in [5, 5.41) is 29.8. The molecule has 1 aromatic carbocycles. The molecular formula is C16H22O5. The van der Waals surface area contributed by atoms with E-state index in [2.05, 4.69) is 0 Å². The van der Waals surface area contributed by atoms with Crippen LogP contribution in [0.3, 0.4) is 0 Å². The maximum absolute atomic E-state index is 11.9. The Morgan fingerprint density at radius 2 is 1.86 bits per heavy atom. The highest BCUT2D eigenvalue weighted by Gasteiger charge is 2.22. The van der Waals surface area contributed by atoms with Gasteiger partial charge < -0.3 is 20.1 Å². The first-order valence-electron chi connectivity index (χ1n) is 7.39. The zero-order chi connectivity index (χ0) is 15.4. The summed E-state index contributed by atoms with van der Waals surface area (Å²) < 4.78 is 5.31. The maximum Gasteiger partial charge on any atom is 0.310 e. The molecule has 1 heterocycles. The van der Waals surface area contributed by atoms with Crippen molar-refractivity contribution >= 4 is 5.97 Å². The summed E-state index contributed by atoms with van der Waals surface area (Å²) in [7, 11) is 0. The van der Waals surface area contributed by atoms with Gasteiger partial charge in [-0.05, 0) is 37.8 Å². The van der Waals surface area contributed by atoms with Crippen LogP contribution in [0.5, 0.6) is 11.5 Å². The lowest BCUT2D eigenvalue weighted by molar-refractivity contribution is -0.147. The summed E-state index contributed by atoms with van der Waals surface area (Å²) in [5.41, 5.74) is 0.732. The normalized spacial score (nSPS) is 24.4. The molecule has 21 heavy (non-hydrogen) atoms. The van der Waals surface area contributed by atoms with Crippen molar-refractivity contribution in [2.45, 2.75) is 57.7 Å². The number of carbonyl (C=O) groups excluding carboxylic acids is 1. The number of aromatic hydroxyl groups is 2. The van der Waals surface area contributed by atoms with Crippen LogP contribution in [0.2, 0.25) is 0 Å². The van der Waals surface area contributed by atoms with Crippen molar-refractivity contribution in [2.24, 2.45) is 0 Å². The molecule has 0 saturated carbocycles. The fraction of sp³-hybridized carbons (Fsp3) is 0.562. The zero-order valence-electron chi connectivity index (χ0n) is 12.2. The number of ether oxygens (including phenoxy) is 1. The second kappa shape index (κ2) is 6.80. The number of benzene rings is 1. The van der Waals surface area contributed by atoms with Crippen molar-refractivity contribution in [1.29, 1.82) is 0 Å². The van der Waals surface area contributed by atoms with Gasteiger partial charge in [-0.3, -0.25) is 4.79 Å². The standard InChI is InChI=1S/C16H22O5/c1-10-5-3-2-4-6-13(18)16-11(8-15(20)21-10)7-12(17)9-14(16)19/h7,9-10,13,17-19H,2-6,8H2,1H3. The number of cyclic esters (lactones) is 1. The first kappa shape index (κ1) is 15.6. The first-order chi connectivity index (χ1) is 9.97. The van der Waals surface area contributed by atoms with E-state index in [0.717, 1.165) is 25.7 Å². The van der Waals surface area contributed by atoms with E-state index in [4.69, 9.17) is 4.74 Å². The summed E-state index contributed by atoms with van der Waals surface area (Å²) in [6.07, 6.45) is 2.99. The number of aliphatic hydroxyl groups excluding tert-OH is 1. The number of hydrogen-bond donors (Lipinski definition) is 3. The van der Waals surface area contributed by atoms with E-state index in [0.29, 0.717) is 17.5 Å². The molecule has 0 fully saturated rings. The topological polar surface area (TPSA) is 87.0 Å². The molecule has 1 aliphatic rings. The van der Waals surface area contributed by atoms with Crippen LogP contribution < -0.4 is 0 Å². The fourth-order valence-electron chi connectivity index (χ4n) is 2.78. The van der Waals surface area contributed by atoms with Gasteiger partial charge in [0.15, 0.2) is 0 Å². The Bertz CT molecular complexity index is 512. The van der Waals surface area contributed by atoms with E-state index in [-0.39, 0.29) is 24.0 Å². The molecule has 1 aliphatic heterocycles. The Balaban J connectivity index is 2.34. The van der Waals surface area contributed by atoms with Gasteiger partial charge in [0.1, 0.15) is 11.5 Å². The molecule has 0 radical (unpaired) electrons. The molecule has 0 saturated heterocycles. The number of rotatable bonds is 0. The van der Waals surface area contributed by atoms with Crippen LogP contribution in [0.4, 0.5) is 0 Å². The van der Waals surface area contributed by atoms with E-state index in [1.165, 1.54) is 12.1 Å². The van der Waals surface area contributed by atoms with Crippen molar-refractivity contribution in [3.63, 3.8) is 0 Å². The largest absolute Gasteiger partial charge is 0.508 e. The average Bonchev–Trinajstić information content (AvgIpc) is 2.35. The van der Waals surface area contributed by atoms with E-state index in [9.17, 15) is 20.1 Å². The molecular weight excluding hydrogens is 272 g/mol. The number of esters is 1. The van der Waals surface area contributed by atoms with Crippen LogP contribution in [0.25, 0.3) is 0 Å². The molecule has 5 heteroatoms. The monoisotopic (exact) mass is 294 g/mol. The van der Waals surface area contributed by atoms with Crippen LogP contribution in [0.1, 0.15) is 56.3 Å². The first-order valence-corrected chi connectivity index (χ1v) is 7.39. The van der Waals surface area contributed by atoms with Crippen molar-refractivity contribution in [3.8, 4) is 11.5 Å². The molecule has 0 aromatic heterocycles. The maximum atomic E-state index is 11.9. The number of phenols is 2. The zero-order valence-corrected chi connectivity index (χ0v) is 12.2. The summed E-state index contributed by atoms with van der Waals surface area (Å²) in [6, 6.07) is 2.58. The third-order valence-electron chi connectivity index (χ3n) is 3.82. The molecule has 116 valence electrons. The number of hydrogen-bond acceptors (Lipinski definition) is 5. The third kappa shape index (κ3) is 4.11. The van der Waals surface area contributed by atoms with Crippen molar-refractivity contribution in [2.75, 3.05) is 0 Å². The van der Waals surface area contributed by atoms with Crippen LogP contribution in [-0.4, -0.2) is 27.4 Å². The summed E-state index contributed by atoms with van der Waals surface area (Å²) in [4.78, 5) is 11.9. The molecule has 3 N–H and O–H groups in total. The fourth-order valence-corrected chi connectivity index (χ4v) is 2.78. The van der Waals surface area contributed by atoms with Gasteiger partial charge in [-0.25, -0.2) is 0 Å². The third-order valence-corrected chi connectivity index (χ3v) is 3.82. The number of phenolic OH excluding ortho intramolecular Hbond substituents is 2. The highest BCUT2D eigenvalue weighted by Crippen LogP contribution is 2.35. The van der Waals surface area contributed by atoms with Gasteiger partial charge in [-0.1, -0.05) is 12.8 Å². The predicted molar refractivity (Wildman–Crippen MR) is 77.1 cm³/mol. The number of fused-ring (bicyclic) bond motifs is 1. The summed E-state index contributed by atoms with van der Waals surface area (Å²) in [5.74, 6) is -0.733. The van der Waals surface area contributed by atoms with Crippen LogP contribution in [-0.2, 0) is 16.0 Å². The van der Waals surface area contributed by atoms with Crippen LogP contribution >= 0.6 is 0 Å². The molecule has 2 unspecified atom stereocenters. The Kier molecular flexibility index (Phi) is 5.07. The Morgan fingerprint density at radius 1 is 1.14 bits per heavy atom. The SMILES string of the molecule is CC1CCCCCC(O)c2c(O)cc(O)cc2CC(=O)O1. The Labute approximate surface area is 124 Å². The van der Waals surface area contributed by atoms with Gasteiger partial charge in [0.05, 0.1) is 18.6 Å². The average molecular weight is 294 g/mol. The van der Waals surface area contributed by atoms with Gasteiger partial charge in [-0.15, -0.1) is 0 Å². The van der Waals surface area contributed by atoms with Gasteiger partial charge in [-0.2, -0.15) is 0 Å². The summed E-state index contributed by atoms with van der Waals surface area (Å²) >= 11 is 0. The van der Waals surface area contributed by atoms with Gasteiger partial charge in [0.25, 0.3) is 0 Å². The Hall–Kier alpha value is -1.75. The summed E-state index contributed by atoms with van der Waals surface area (Å²) in [6.45, 7) is 1.86. The smallest absolute Gasteiger partial charge is 0.310 e. The molecule has 5 nitrogen and oxygen atoms in total. The molecule has 0 aliphatic carbocycles. The van der Waals surface area contributed by atoms with Crippen molar-refractivity contribution < 1.29 is 24.9 Å². The second-order valence-electron chi connectivity index (χ2n) is 5.67. The number of carbonyl (C=O) groups is 1. The molecule has 2 rings (SSSR count). The Morgan fingerprint density at radius 3 is 2.62 bits per heavy atom. The van der Waals surface area contributed by atoms with E-state index < -0.39 is 12.1 Å². The molecule has 1 aromatic rings. The second-order valence-corrected chi connectivity index (χ2v) is 5.67. The minimum atomic E-state index is -0.842. The predicted octanol–water partition coefficient (Wildman–Crippen LogP) is 2.57. The van der Waals surface area contributed by atoms with Crippen molar-refractivity contribution in [3.05, 3.63) is 23.3 Å². The van der Waals surface area contributed by atoms with E-state index >= 15 is 0 Å². The lowest BCUT2D eigenvalue weighted by Gasteiger charge is -2.20. The van der Waals surface area contributed by atoms with Gasteiger partial charge in [0, 0.05) is 11.6 Å². The highest BCUT2D eigenvalue weighted by atomic mass is 16.5. The quantitative estimate of drug-likeness (QED) is 0.640. The number of aliphatic hydroxyl groups is 1. The van der Waals surface area contributed by atoms with Crippen LogP contribution in [0, 0.1) is 0 Å². The molecule has 2 atom stereocenters. The highest BCUT2D eigenvalue weighted by molar-refractivity contribution is 5.74. The van der Waals surface area contributed by atoms with Crippen molar-refractivity contribution in [1.82, 2.24) is 0 Å². The van der Waals surface area contributed by atoms with Crippen LogP contribution in [0.15, 0.2) is 12.1 Å². The lowest BCUT2D eigenvalue weighted by atomic mass is 9.94. The van der Waals surface area contributed by atoms with E-state index in [1.807, 2.05) is 6.92 Å². The molecule has 0 amide bonds. The van der Waals surface area contributed by atoms with Gasteiger partial charge in [0.2, 0.25) is 0 Å². The van der Waals surface area contributed by atoms with E-state index in [1.54, 1.807) is 0 Å². The van der Waals surface area contributed by atoms with Gasteiger partial charge >= 0.3 is 5.97 Å². The molecule has 0 bridgehead atoms.